The number of hydrogen-bond acceptors (Lipinski definition) is 2. The minimum absolute atomic E-state index is 0.0233. The van der Waals surface area contributed by atoms with Crippen LogP contribution in [0.15, 0.2) is 0 Å². The van der Waals surface area contributed by atoms with Gasteiger partial charge in [0.1, 0.15) is 0 Å². The van der Waals surface area contributed by atoms with Gasteiger partial charge in [0, 0.05) is 6.92 Å². The van der Waals surface area contributed by atoms with Crippen molar-refractivity contribution in [1.29, 1.82) is 0 Å². The van der Waals surface area contributed by atoms with Gasteiger partial charge in [0.25, 0.3) is 5.97 Å². The van der Waals surface area contributed by atoms with Crippen molar-refractivity contribution in [1.82, 2.24) is 0 Å². The van der Waals surface area contributed by atoms with E-state index in [0.29, 0.717) is 0 Å². The Balaban J connectivity index is 0. The molecule has 0 aliphatic heterocycles. The summed E-state index contributed by atoms with van der Waals surface area (Å²) in [6, 6.07) is 0. The summed E-state index contributed by atoms with van der Waals surface area (Å²) in [5, 5.41) is 7.42. The Morgan fingerprint density at radius 1 is 1.38 bits per heavy atom. The van der Waals surface area contributed by atoms with Crippen molar-refractivity contribution in [3.8, 4) is 0 Å². The van der Waals surface area contributed by atoms with Crippen molar-refractivity contribution in [3.63, 3.8) is 0 Å². The number of hydrogen-bond donors (Lipinski definition) is 1. The molecule has 0 aliphatic rings. The molecule has 0 aromatic heterocycles. The molecule has 0 rings (SSSR count). The molecule has 0 radical (unpaired) electrons. The molecule has 1 N–H and O–H groups in total. The second kappa shape index (κ2) is 6.88. The average Bonchev–Trinajstić information content (AvgIpc) is 1.25. The predicted octanol–water partition coefficient (Wildman–Crippen LogP) is 0.171. The second-order valence-electron chi connectivity index (χ2n) is 0.935. The Morgan fingerprint density at radius 3 is 1.38 bits per heavy atom. The van der Waals surface area contributed by atoms with E-state index >= 15 is 0 Å². The summed E-state index contributed by atoms with van der Waals surface area (Å²) in [7, 11) is 0. The van der Waals surface area contributed by atoms with Crippen LogP contribution in [0.2, 0.25) is 0 Å². The van der Waals surface area contributed by atoms with Crippen LogP contribution >= 0.6 is 0 Å². The third-order valence-corrected chi connectivity index (χ3v) is 0. The van der Waals surface area contributed by atoms with Gasteiger partial charge < -0.3 is 5.11 Å². The molecule has 0 aliphatic carbocycles. The first-order chi connectivity index (χ1) is 3.46. The van der Waals surface area contributed by atoms with Crippen LogP contribution in [-0.2, 0) is 30.7 Å². The fourth-order valence-corrected chi connectivity index (χ4v) is 0. The summed E-state index contributed by atoms with van der Waals surface area (Å²) in [4.78, 5) is 18.4. The van der Waals surface area contributed by atoms with Crippen LogP contribution in [0, 0.1) is 0 Å². The van der Waals surface area contributed by atoms with Crippen molar-refractivity contribution in [2.45, 2.75) is 13.8 Å². The van der Waals surface area contributed by atoms with Gasteiger partial charge in [0.05, 0.1) is 0 Å². The molecular formula is C4H7AgO3. The Kier molecular flexibility index (Phi) is 9.28. The van der Waals surface area contributed by atoms with Crippen LogP contribution in [0.5, 0.6) is 0 Å². The van der Waals surface area contributed by atoms with Crippen molar-refractivity contribution >= 4 is 9.97 Å². The Labute approximate surface area is 60.0 Å². The quantitative estimate of drug-likeness (QED) is 0.581. The van der Waals surface area contributed by atoms with Crippen LogP contribution in [0.1, 0.15) is 13.8 Å². The van der Waals surface area contributed by atoms with E-state index in [4.69, 9.17) is 9.90 Å². The Morgan fingerprint density at radius 2 is 1.38 bits per heavy atom. The maximum atomic E-state index is 9.36. The van der Waals surface area contributed by atoms with Gasteiger partial charge in [-0.05, 0) is 0 Å². The molecule has 0 saturated heterocycles. The SMILES string of the molecule is CC(=O)O.C[C](=O)[Ag]. The molecule has 52 valence electrons. The van der Waals surface area contributed by atoms with Gasteiger partial charge in [-0.3, -0.25) is 4.79 Å². The first-order valence-electron chi connectivity index (χ1n) is 1.78. The zero-order valence-electron chi connectivity index (χ0n) is 4.57. The molecule has 0 aromatic rings. The number of carbonyl (C=O) groups is 2. The number of carboxylic acid groups (broad SMARTS) is 1. The van der Waals surface area contributed by atoms with Gasteiger partial charge >= 0.3 is 36.8 Å². The number of aliphatic carboxylic acids is 1. The van der Waals surface area contributed by atoms with Crippen LogP contribution in [0.3, 0.4) is 0 Å². The summed E-state index contributed by atoms with van der Waals surface area (Å²) in [5.41, 5.74) is 0. The van der Waals surface area contributed by atoms with E-state index in [1.807, 2.05) is 0 Å². The van der Waals surface area contributed by atoms with E-state index in [-0.39, 0.29) is 4.00 Å². The van der Waals surface area contributed by atoms with Crippen molar-refractivity contribution < 1.29 is 35.8 Å². The van der Waals surface area contributed by atoms with Gasteiger partial charge in [-0.25, -0.2) is 0 Å². The van der Waals surface area contributed by atoms with Gasteiger partial charge in [-0.15, -0.1) is 0 Å². The molecule has 0 heterocycles. The van der Waals surface area contributed by atoms with Gasteiger partial charge in [0.15, 0.2) is 0 Å². The molecule has 0 amide bonds. The van der Waals surface area contributed by atoms with Crippen LogP contribution < -0.4 is 0 Å². The molecular weight excluding hydrogens is 204 g/mol. The van der Waals surface area contributed by atoms with Crippen LogP contribution in [0.4, 0.5) is 0 Å². The van der Waals surface area contributed by atoms with Crippen LogP contribution in [-0.4, -0.2) is 15.1 Å². The van der Waals surface area contributed by atoms with E-state index in [1.165, 1.54) is 6.92 Å². The fourth-order valence-electron chi connectivity index (χ4n) is 0. The first-order valence-corrected chi connectivity index (χ1v) is 2.52. The van der Waals surface area contributed by atoms with Gasteiger partial charge in [-0.2, -0.15) is 0 Å². The average molecular weight is 211 g/mol. The molecule has 4 heteroatoms. The third-order valence-electron chi connectivity index (χ3n) is 0. The van der Waals surface area contributed by atoms with E-state index in [9.17, 15) is 4.79 Å². The fraction of sp³-hybridized carbons (Fsp3) is 0.500. The minimum atomic E-state index is -0.833. The Hall–Kier alpha value is -0.120. The second-order valence-corrected chi connectivity index (χ2v) is 1.98. The van der Waals surface area contributed by atoms with E-state index < -0.39 is 5.97 Å². The summed E-state index contributed by atoms with van der Waals surface area (Å²) in [6.07, 6.45) is 0. The summed E-state index contributed by atoms with van der Waals surface area (Å²) >= 11 is 2.65. The number of carbonyl (C=O) groups excluding carboxylic acids is 1. The number of carboxylic acids is 1. The summed E-state index contributed by atoms with van der Waals surface area (Å²) in [5.74, 6) is -0.833. The topological polar surface area (TPSA) is 54.4 Å². The molecule has 0 aromatic carbocycles. The normalized spacial score (nSPS) is 6.50. The molecule has 0 unspecified atom stereocenters. The van der Waals surface area contributed by atoms with E-state index in [1.54, 1.807) is 0 Å². The molecule has 8 heavy (non-hydrogen) atoms. The standard InChI is InChI=1S/C2H4O2.C2H3O.Ag/c1-2(3)4;1-2-3;/h1H3,(H,3,4);1H3;. The molecule has 0 fully saturated rings. The van der Waals surface area contributed by atoms with Gasteiger partial charge in [0.2, 0.25) is 0 Å². The molecule has 0 spiro atoms. The molecule has 0 bridgehead atoms. The monoisotopic (exact) mass is 210 g/mol. The molecule has 0 saturated carbocycles. The van der Waals surface area contributed by atoms with Crippen molar-refractivity contribution in [3.05, 3.63) is 0 Å². The maximum absolute atomic E-state index is 9.36. The predicted molar refractivity (Wildman–Crippen MR) is 24.0 cm³/mol. The number of rotatable bonds is 0. The van der Waals surface area contributed by atoms with Crippen LogP contribution in [0.25, 0.3) is 0 Å². The van der Waals surface area contributed by atoms with Crippen molar-refractivity contribution in [2.24, 2.45) is 0 Å². The molecule has 3 nitrogen and oxygen atoms in total. The van der Waals surface area contributed by atoms with Gasteiger partial charge in [-0.1, -0.05) is 0 Å². The molecule has 0 atom stereocenters. The van der Waals surface area contributed by atoms with Crippen molar-refractivity contribution in [2.75, 3.05) is 0 Å². The third kappa shape index (κ3) is 9770. The summed E-state index contributed by atoms with van der Waals surface area (Å²) in [6.45, 7) is 2.53. The zero-order valence-corrected chi connectivity index (χ0v) is 6.05. The van der Waals surface area contributed by atoms with E-state index in [2.05, 4.69) is 21.1 Å². The first kappa shape index (κ1) is 10.8. The zero-order chi connectivity index (χ0) is 7.15. The Bertz CT molecular complexity index is 69.3. The summed E-state index contributed by atoms with van der Waals surface area (Å²) < 4.78 is -0.0233. The van der Waals surface area contributed by atoms with E-state index in [0.717, 1.165) is 6.92 Å².